The number of nitrogens with two attached hydrogens (primary N) is 1. The van der Waals surface area contributed by atoms with E-state index in [0.717, 1.165) is 27.8 Å². The molecule has 0 bridgehead atoms. The first-order chi connectivity index (χ1) is 12.9. The summed E-state index contributed by atoms with van der Waals surface area (Å²) >= 11 is 0. The lowest BCUT2D eigenvalue weighted by Gasteiger charge is -2.07. The lowest BCUT2D eigenvalue weighted by atomic mass is 10.0. The van der Waals surface area contributed by atoms with Crippen molar-refractivity contribution >= 4 is 16.8 Å². The van der Waals surface area contributed by atoms with E-state index in [9.17, 15) is 4.79 Å². The standard InChI is InChI=1S/C21H21N5O/c1-12-8-19(25-26(12)3)20(27)18-11-24-21-17(18)9-16(10-23-21)15-6-4-14(5-7-15)13(2)22/h4-11,13H,22H2,1-3H3,(H,23,24). The second-order valence-electron chi connectivity index (χ2n) is 6.86. The van der Waals surface area contributed by atoms with Crippen LogP contribution in [0.15, 0.2) is 48.8 Å². The van der Waals surface area contributed by atoms with E-state index in [0.29, 0.717) is 16.9 Å². The number of aromatic amines is 1. The Morgan fingerprint density at radius 1 is 1.19 bits per heavy atom. The molecule has 0 aliphatic rings. The van der Waals surface area contributed by atoms with Crippen LogP contribution in [-0.4, -0.2) is 25.5 Å². The van der Waals surface area contributed by atoms with Gasteiger partial charge in [0.15, 0.2) is 0 Å². The molecule has 4 aromatic rings. The predicted octanol–water partition coefficient (Wildman–Crippen LogP) is 3.52. The highest BCUT2D eigenvalue weighted by Gasteiger charge is 2.18. The minimum absolute atomic E-state index is 0.00428. The Bertz CT molecular complexity index is 1120. The van der Waals surface area contributed by atoms with E-state index >= 15 is 0 Å². The van der Waals surface area contributed by atoms with Gasteiger partial charge in [0.05, 0.1) is 5.56 Å². The zero-order valence-corrected chi connectivity index (χ0v) is 15.5. The molecule has 6 nitrogen and oxygen atoms in total. The number of aromatic nitrogens is 4. The average Bonchev–Trinajstić information content (AvgIpc) is 3.24. The zero-order chi connectivity index (χ0) is 19.1. The van der Waals surface area contributed by atoms with Crippen LogP contribution in [0, 0.1) is 6.92 Å². The molecule has 4 rings (SSSR count). The van der Waals surface area contributed by atoms with Crippen LogP contribution in [0.4, 0.5) is 0 Å². The first-order valence-electron chi connectivity index (χ1n) is 8.82. The minimum atomic E-state index is -0.115. The SMILES string of the molecule is Cc1cc(C(=O)c2c[nH]c3ncc(-c4ccc(C(C)N)cc4)cc23)nn1C. The summed E-state index contributed by atoms with van der Waals surface area (Å²) in [5, 5.41) is 5.09. The lowest BCUT2D eigenvalue weighted by molar-refractivity contribution is 0.103. The number of aryl methyl sites for hydroxylation is 2. The van der Waals surface area contributed by atoms with E-state index < -0.39 is 0 Å². The summed E-state index contributed by atoms with van der Waals surface area (Å²) in [4.78, 5) is 20.5. The Kier molecular flexibility index (Phi) is 4.12. The molecule has 0 fully saturated rings. The number of carbonyl (C=O) groups is 1. The smallest absolute Gasteiger partial charge is 0.215 e. The predicted molar refractivity (Wildman–Crippen MR) is 106 cm³/mol. The molecular formula is C21H21N5O. The van der Waals surface area contributed by atoms with Crippen LogP contribution in [0.2, 0.25) is 0 Å². The van der Waals surface area contributed by atoms with Gasteiger partial charge in [-0.25, -0.2) is 4.98 Å². The van der Waals surface area contributed by atoms with Crippen LogP contribution in [-0.2, 0) is 7.05 Å². The van der Waals surface area contributed by atoms with Gasteiger partial charge in [0, 0.05) is 42.1 Å². The topological polar surface area (TPSA) is 89.6 Å². The van der Waals surface area contributed by atoms with Gasteiger partial charge >= 0.3 is 0 Å². The molecule has 1 atom stereocenters. The molecule has 0 amide bonds. The second kappa shape index (κ2) is 6.48. The third-order valence-electron chi connectivity index (χ3n) is 4.89. The quantitative estimate of drug-likeness (QED) is 0.546. The number of rotatable bonds is 4. The molecular weight excluding hydrogens is 338 g/mol. The van der Waals surface area contributed by atoms with Crippen LogP contribution in [0.3, 0.4) is 0 Å². The average molecular weight is 359 g/mol. The summed E-state index contributed by atoms with van der Waals surface area (Å²) in [5.74, 6) is -0.115. The van der Waals surface area contributed by atoms with E-state index in [-0.39, 0.29) is 11.8 Å². The third kappa shape index (κ3) is 3.04. The molecule has 0 saturated carbocycles. The molecule has 0 aliphatic heterocycles. The highest BCUT2D eigenvalue weighted by Crippen LogP contribution is 2.27. The monoisotopic (exact) mass is 359 g/mol. The minimum Gasteiger partial charge on any atom is -0.345 e. The van der Waals surface area contributed by atoms with Crippen LogP contribution < -0.4 is 5.73 Å². The van der Waals surface area contributed by atoms with Gasteiger partial charge in [0.2, 0.25) is 5.78 Å². The summed E-state index contributed by atoms with van der Waals surface area (Å²) in [7, 11) is 1.83. The van der Waals surface area contributed by atoms with E-state index in [2.05, 4.69) is 15.1 Å². The number of carbonyl (C=O) groups excluding carboxylic acids is 1. The number of hydrogen-bond donors (Lipinski definition) is 2. The Morgan fingerprint density at radius 3 is 2.56 bits per heavy atom. The number of nitrogens with zero attached hydrogens (tertiary/aromatic N) is 3. The van der Waals surface area contributed by atoms with Crippen molar-refractivity contribution in [2.75, 3.05) is 0 Å². The van der Waals surface area contributed by atoms with E-state index in [1.165, 1.54) is 0 Å². The molecule has 3 heterocycles. The Labute approximate surface area is 157 Å². The maximum absolute atomic E-state index is 12.9. The molecule has 6 heteroatoms. The fourth-order valence-corrected chi connectivity index (χ4v) is 3.14. The summed E-state index contributed by atoms with van der Waals surface area (Å²) in [6, 6.07) is 11.9. The van der Waals surface area contributed by atoms with Gasteiger partial charge in [-0.15, -0.1) is 0 Å². The normalized spacial score (nSPS) is 12.4. The van der Waals surface area contributed by atoms with Gasteiger partial charge in [-0.05, 0) is 37.1 Å². The van der Waals surface area contributed by atoms with E-state index in [1.54, 1.807) is 23.1 Å². The molecule has 3 aromatic heterocycles. The molecule has 0 saturated heterocycles. The second-order valence-corrected chi connectivity index (χ2v) is 6.86. The molecule has 136 valence electrons. The molecule has 0 aliphatic carbocycles. The zero-order valence-electron chi connectivity index (χ0n) is 15.5. The number of nitrogens with one attached hydrogen (secondary N) is 1. The van der Waals surface area contributed by atoms with Crippen LogP contribution >= 0.6 is 0 Å². The molecule has 0 radical (unpaired) electrons. The van der Waals surface area contributed by atoms with E-state index in [1.807, 2.05) is 51.2 Å². The van der Waals surface area contributed by atoms with Crippen LogP contribution in [0.5, 0.6) is 0 Å². The fraction of sp³-hybridized carbons (Fsp3) is 0.190. The Morgan fingerprint density at radius 2 is 1.93 bits per heavy atom. The lowest BCUT2D eigenvalue weighted by Crippen LogP contribution is -2.04. The third-order valence-corrected chi connectivity index (χ3v) is 4.89. The molecule has 3 N–H and O–H groups in total. The van der Waals surface area contributed by atoms with Gasteiger partial charge in [-0.2, -0.15) is 5.10 Å². The number of pyridine rings is 1. The first-order valence-corrected chi connectivity index (χ1v) is 8.82. The maximum Gasteiger partial charge on any atom is 0.215 e. The maximum atomic E-state index is 12.9. The van der Waals surface area contributed by atoms with Gasteiger partial charge in [0.1, 0.15) is 11.3 Å². The van der Waals surface area contributed by atoms with Crippen molar-refractivity contribution in [2.24, 2.45) is 12.8 Å². The van der Waals surface area contributed by atoms with Gasteiger partial charge in [0.25, 0.3) is 0 Å². The molecule has 0 spiro atoms. The number of H-pyrrole nitrogens is 1. The van der Waals surface area contributed by atoms with Gasteiger partial charge in [-0.1, -0.05) is 24.3 Å². The summed E-state index contributed by atoms with van der Waals surface area (Å²) in [6.07, 6.45) is 3.51. The van der Waals surface area contributed by atoms with Crippen molar-refractivity contribution in [3.05, 3.63) is 71.3 Å². The van der Waals surface area contributed by atoms with Crippen molar-refractivity contribution in [3.8, 4) is 11.1 Å². The molecule has 1 aromatic carbocycles. The highest BCUT2D eigenvalue weighted by molar-refractivity contribution is 6.15. The summed E-state index contributed by atoms with van der Waals surface area (Å²) in [5.41, 5.74) is 11.6. The summed E-state index contributed by atoms with van der Waals surface area (Å²) < 4.78 is 1.70. The first kappa shape index (κ1) is 17.2. The molecule has 1 unspecified atom stereocenters. The number of ketones is 1. The number of fused-ring (bicyclic) bond motifs is 1. The molecule has 27 heavy (non-hydrogen) atoms. The summed E-state index contributed by atoms with van der Waals surface area (Å²) in [6.45, 7) is 3.88. The van der Waals surface area contributed by atoms with E-state index in [4.69, 9.17) is 5.73 Å². The Balaban J connectivity index is 1.76. The highest BCUT2D eigenvalue weighted by atomic mass is 16.1. The van der Waals surface area contributed by atoms with Crippen LogP contribution in [0.1, 0.15) is 40.3 Å². The largest absolute Gasteiger partial charge is 0.345 e. The van der Waals surface area contributed by atoms with Crippen LogP contribution in [0.25, 0.3) is 22.2 Å². The number of hydrogen-bond acceptors (Lipinski definition) is 4. The Hall–Kier alpha value is -3.25. The van der Waals surface area contributed by atoms with Crippen molar-refractivity contribution in [1.29, 1.82) is 0 Å². The van der Waals surface area contributed by atoms with Gasteiger partial charge in [-0.3, -0.25) is 9.48 Å². The fourth-order valence-electron chi connectivity index (χ4n) is 3.14. The number of benzene rings is 1. The van der Waals surface area contributed by atoms with Crippen molar-refractivity contribution in [1.82, 2.24) is 19.7 Å². The van der Waals surface area contributed by atoms with Gasteiger partial charge < -0.3 is 10.7 Å². The van der Waals surface area contributed by atoms with Crippen molar-refractivity contribution < 1.29 is 4.79 Å². The van der Waals surface area contributed by atoms with Crippen molar-refractivity contribution in [2.45, 2.75) is 19.9 Å². The van der Waals surface area contributed by atoms with Crippen molar-refractivity contribution in [3.63, 3.8) is 0 Å².